The zero-order valence-electron chi connectivity index (χ0n) is 11.5. The molecule has 1 aromatic heterocycles. The van der Waals surface area contributed by atoms with Crippen molar-refractivity contribution in [1.82, 2.24) is 4.98 Å². The van der Waals surface area contributed by atoms with Crippen LogP contribution in [0.1, 0.15) is 36.2 Å². The maximum absolute atomic E-state index is 13.8. The van der Waals surface area contributed by atoms with Crippen LogP contribution in [0.3, 0.4) is 0 Å². The van der Waals surface area contributed by atoms with E-state index < -0.39 is 5.82 Å². The van der Waals surface area contributed by atoms with E-state index >= 15 is 0 Å². The fourth-order valence-corrected chi connectivity index (χ4v) is 1.76. The number of hydrogen-bond acceptors (Lipinski definition) is 3. The highest BCUT2D eigenvalue weighted by atomic mass is 19.1. The Morgan fingerprint density at radius 2 is 1.95 bits per heavy atom. The van der Waals surface area contributed by atoms with Gasteiger partial charge in [0.25, 0.3) is 5.88 Å². The molecule has 0 bridgehead atoms. The minimum atomic E-state index is -0.635. The van der Waals surface area contributed by atoms with Crippen LogP contribution in [0.2, 0.25) is 0 Å². The molecule has 0 amide bonds. The van der Waals surface area contributed by atoms with Gasteiger partial charge in [-0.05, 0) is 30.2 Å². The summed E-state index contributed by atoms with van der Waals surface area (Å²) in [5.74, 6) is -0.385. The van der Waals surface area contributed by atoms with Crippen molar-refractivity contribution in [1.29, 1.82) is 0 Å². The summed E-state index contributed by atoms with van der Waals surface area (Å²) in [6.07, 6.45) is 2.59. The number of aryl methyl sites for hydroxylation is 1. The van der Waals surface area contributed by atoms with Crippen LogP contribution in [0.5, 0.6) is 11.6 Å². The van der Waals surface area contributed by atoms with Crippen molar-refractivity contribution in [3.05, 3.63) is 53.5 Å². The highest BCUT2D eigenvalue weighted by Crippen LogP contribution is 2.23. The van der Waals surface area contributed by atoms with Gasteiger partial charge in [-0.2, -0.15) is 0 Å². The molecule has 0 atom stereocenters. The fourth-order valence-electron chi connectivity index (χ4n) is 1.76. The van der Waals surface area contributed by atoms with Gasteiger partial charge >= 0.3 is 0 Å². The van der Waals surface area contributed by atoms with Crippen molar-refractivity contribution in [2.24, 2.45) is 0 Å². The Kier molecular flexibility index (Phi) is 4.45. The van der Waals surface area contributed by atoms with Crippen molar-refractivity contribution >= 4 is 5.78 Å². The van der Waals surface area contributed by atoms with Gasteiger partial charge in [-0.15, -0.1) is 0 Å². The van der Waals surface area contributed by atoms with Crippen molar-refractivity contribution in [3.63, 3.8) is 0 Å². The molecule has 4 heteroatoms. The van der Waals surface area contributed by atoms with Gasteiger partial charge in [0.1, 0.15) is 5.75 Å². The standard InChI is InChI=1S/C16H16FNO2/c1-3-11-5-7-13(8-6-11)20-16-14(17)9-12(10-18-16)15(19)4-2/h5-10H,3-4H2,1-2H3. The fraction of sp³-hybridized carbons (Fsp3) is 0.250. The molecule has 104 valence electrons. The molecule has 0 aliphatic heterocycles. The molecule has 2 rings (SSSR count). The Morgan fingerprint density at radius 3 is 2.50 bits per heavy atom. The maximum Gasteiger partial charge on any atom is 0.255 e. The number of pyridine rings is 1. The SMILES string of the molecule is CCC(=O)c1cnc(Oc2ccc(CC)cc2)c(F)c1. The molecule has 2 aromatic rings. The molecule has 0 saturated carbocycles. The molecule has 20 heavy (non-hydrogen) atoms. The van der Waals surface area contributed by atoms with E-state index in [2.05, 4.69) is 11.9 Å². The third-order valence-corrected chi connectivity index (χ3v) is 3.00. The molecule has 1 aromatic carbocycles. The first-order chi connectivity index (χ1) is 9.63. The molecule has 0 aliphatic carbocycles. The number of carbonyl (C=O) groups excluding carboxylic acids is 1. The lowest BCUT2D eigenvalue weighted by Gasteiger charge is -2.07. The molecule has 3 nitrogen and oxygen atoms in total. The molecular formula is C16H16FNO2. The minimum absolute atomic E-state index is 0.123. The summed E-state index contributed by atoms with van der Waals surface area (Å²) in [6.45, 7) is 3.78. The lowest BCUT2D eigenvalue weighted by atomic mass is 10.1. The van der Waals surface area contributed by atoms with Crippen LogP contribution in [0.25, 0.3) is 0 Å². The van der Waals surface area contributed by atoms with E-state index in [0.29, 0.717) is 12.2 Å². The second-order valence-electron chi connectivity index (χ2n) is 4.39. The number of ketones is 1. The first-order valence-corrected chi connectivity index (χ1v) is 6.59. The van der Waals surface area contributed by atoms with Crippen LogP contribution < -0.4 is 4.74 Å². The topological polar surface area (TPSA) is 39.2 Å². The molecule has 0 fully saturated rings. The van der Waals surface area contributed by atoms with Gasteiger partial charge in [0.05, 0.1) is 0 Å². The average Bonchev–Trinajstić information content (AvgIpc) is 2.49. The predicted molar refractivity (Wildman–Crippen MR) is 74.7 cm³/mol. The van der Waals surface area contributed by atoms with Crippen LogP contribution in [0, 0.1) is 5.82 Å². The number of hydrogen-bond donors (Lipinski definition) is 0. The molecule has 0 spiro atoms. The Balaban J connectivity index is 2.18. The number of aromatic nitrogens is 1. The number of benzene rings is 1. The first-order valence-electron chi connectivity index (χ1n) is 6.59. The molecule has 0 aliphatic rings. The zero-order valence-corrected chi connectivity index (χ0v) is 11.5. The summed E-state index contributed by atoms with van der Waals surface area (Å²) in [5, 5.41) is 0. The summed E-state index contributed by atoms with van der Waals surface area (Å²) in [7, 11) is 0. The number of halogens is 1. The Bertz CT molecular complexity index is 608. The van der Waals surface area contributed by atoms with E-state index in [0.717, 1.165) is 12.5 Å². The quantitative estimate of drug-likeness (QED) is 0.767. The van der Waals surface area contributed by atoms with Crippen molar-refractivity contribution < 1.29 is 13.9 Å². The van der Waals surface area contributed by atoms with Gasteiger partial charge in [-0.1, -0.05) is 26.0 Å². The van der Waals surface area contributed by atoms with E-state index in [1.807, 2.05) is 12.1 Å². The summed E-state index contributed by atoms with van der Waals surface area (Å²) in [6, 6.07) is 8.54. The minimum Gasteiger partial charge on any atom is -0.436 e. The summed E-state index contributed by atoms with van der Waals surface area (Å²) in [4.78, 5) is 15.3. The number of rotatable bonds is 5. The summed E-state index contributed by atoms with van der Waals surface area (Å²) >= 11 is 0. The van der Waals surface area contributed by atoms with Crippen LogP contribution in [-0.2, 0) is 6.42 Å². The van der Waals surface area contributed by atoms with Crippen molar-refractivity contribution in [2.45, 2.75) is 26.7 Å². The van der Waals surface area contributed by atoms with Gasteiger partial charge in [-0.25, -0.2) is 9.37 Å². The molecule has 0 saturated heterocycles. The van der Waals surface area contributed by atoms with Gasteiger partial charge in [0.15, 0.2) is 11.6 Å². The van der Waals surface area contributed by atoms with Gasteiger partial charge in [-0.3, -0.25) is 4.79 Å². The second kappa shape index (κ2) is 6.28. The Hall–Kier alpha value is -2.23. The Morgan fingerprint density at radius 1 is 1.25 bits per heavy atom. The van der Waals surface area contributed by atoms with E-state index in [1.54, 1.807) is 19.1 Å². The third-order valence-electron chi connectivity index (χ3n) is 3.00. The van der Waals surface area contributed by atoms with Crippen LogP contribution in [0.4, 0.5) is 4.39 Å². The van der Waals surface area contributed by atoms with E-state index in [9.17, 15) is 9.18 Å². The van der Waals surface area contributed by atoms with Gasteiger partial charge < -0.3 is 4.74 Å². The van der Waals surface area contributed by atoms with Crippen molar-refractivity contribution in [2.75, 3.05) is 0 Å². The molecule has 0 unspecified atom stereocenters. The van der Waals surface area contributed by atoms with Crippen molar-refractivity contribution in [3.8, 4) is 11.6 Å². The zero-order chi connectivity index (χ0) is 14.5. The van der Waals surface area contributed by atoms with E-state index in [1.165, 1.54) is 11.8 Å². The molecule has 1 heterocycles. The number of Topliss-reactive ketones (excluding diaryl/α,β-unsaturated/α-hetero) is 1. The second-order valence-corrected chi connectivity index (χ2v) is 4.39. The Labute approximate surface area is 117 Å². The molecule has 0 radical (unpaired) electrons. The maximum atomic E-state index is 13.8. The van der Waals surface area contributed by atoms with Crippen LogP contribution >= 0.6 is 0 Å². The lowest BCUT2D eigenvalue weighted by molar-refractivity contribution is 0.0987. The highest BCUT2D eigenvalue weighted by molar-refractivity contribution is 5.95. The van der Waals surface area contributed by atoms with Crippen LogP contribution in [-0.4, -0.2) is 10.8 Å². The van der Waals surface area contributed by atoms with Gasteiger partial charge in [0.2, 0.25) is 0 Å². The van der Waals surface area contributed by atoms with E-state index in [4.69, 9.17) is 4.74 Å². The van der Waals surface area contributed by atoms with E-state index in [-0.39, 0.29) is 17.2 Å². The van der Waals surface area contributed by atoms with Gasteiger partial charge in [0, 0.05) is 18.2 Å². The number of ether oxygens (including phenoxy) is 1. The lowest BCUT2D eigenvalue weighted by Crippen LogP contribution is -2.00. The highest BCUT2D eigenvalue weighted by Gasteiger charge is 2.11. The third kappa shape index (κ3) is 3.20. The smallest absolute Gasteiger partial charge is 0.255 e. The summed E-state index contributed by atoms with van der Waals surface area (Å²) < 4.78 is 19.2. The normalized spacial score (nSPS) is 10.3. The first kappa shape index (κ1) is 14.2. The largest absolute Gasteiger partial charge is 0.436 e. The number of nitrogens with zero attached hydrogens (tertiary/aromatic N) is 1. The number of carbonyl (C=O) groups is 1. The molecular weight excluding hydrogens is 257 g/mol. The molecule has 0 N–H and O–H groups in total. The average molecular weight is 273 g/mol. The predicted octanol–water partition coefficient (Wildman–Crippen LogP) is 4.17. The monoisotopic (exact) mass is 273 g/mol. The van der Waals surface area contributed by atoms with Crippen LogP contribution in [0.15, 0.2) is 36.5 Å². The summed E-state index contributed by atoms with van der Waals surface area (Å²) in [5.41, 5.74) is 1.44.